The number of hydrogen-bond donors (Lipinski definition) is 0. The van der Waals surface area contributed by atoms with Gasteiger partial charge < -0.3 is 14.5 Å². The van der Waals surface area contributed by atoms with Crippen LogP contribution in [0.3, 0.4) is 0 Å². The molecule has 0 atom stereocenters. The van der Waals surface area contributed by atoms with Crippen molar-refractivity contribution in [2.75, 3.05) is 38.2 Å². The van der Waals surface area contributed by atoms with Crippen molar-refractivity contribution in [3.8, 4) is 11.8 Å². The van der Waals surface area contributed by atoms with Crippen LogP contribution in [-0.4, -0.2) is 49.0 Å². The van der Waals surface area contributed by atoms with Crippen LogP contribution in [0.25, 0.3) is 6.08 Å². The first kappa shape index (κ1) is 21.6. The molecular formula is C21H19IN4O4. The highest BCUT2D eigenvalue weighted by molar-refractivity contribution is 14.1. The highest BCUT2D eigenvalue weighted by atomic mass is 127. The third-order valence-corrected chi connectivity index (χ3v) is 5.60. The number of hydrogen-bond acceptors (Lipinski definition) is 6. The van der Waals surface area contributed by atoms with E-state index in [2.05, 4.69) is 4.90 Å². The summed E-state index contributed by atoms with van der Waals surface area (Å²) in [5.74, 6) is -0.224. The minimum Gasteiger partial charge on any atom is -0.489 e. The molecule has 0 aromatic heterocycles. The first-order chi connectivity index (χ1) is 14.4. The van der Waals surface area contributed by atoms with Gasteiger partial charge in [-0.05, 0) is 52.4 Å². The fourth-order valence-corrected chi connectivity index (χ4v) is 4.16. The van der Waals surface area contributed by atoms with Gasteiger partial charge in [0.05, 0.1) is 15.6 Å². The Morgan fingerprint density at radius 2 is 1.90 bits per heavy atom. The molecule has 30 heavy (non-hydrogen) atoms. The number of halogens is 1. The number of para-hydroxylation sites is 1. The fourth-order valence-electron chi connectivity index (χ4n) is 3.31. The summed E-state index contributed by atoms with van der Waals surface area (Å²) in [5.41, 5.74) is 1.23. The monoisotopic (exact) mass is 518 g/mol. The zero-order chi connectivity index (χ0) is 21.7. The second-order valence-electron chi connectivity index (χ2n) is 6.60. The summed E-state index contributed by atoms with van der Waals surface area (Å²) in [6, 6.07) is 14.8. The molecule has 0 bridgehead atoms. The highest BCUT2D eigenvalue weighted by Crippen LogP contribution is 2.34. The maximum Gasteiger partial charge on any atom is 0.312 e. The van der Waals surface area contributed by atoms with E-state index in [1.807, 2.05) is 59.0 Å². The lowest BCUT2D eigenvalue weighted by Crippen LogP contribution is -2.49. The van der Waals surface area contributed by atoms with Gasteiger partial charge in [0.1, 0.15) is 11.6 Å². The van der Waals surface area contributed by atoms with Crippen LogP contribution < -0.4 is 9.64 Å². The lowest BCUT2D eigenvalue weighted by Gasteiger charge is -2.36. The van der Waals surface area contributed by atoms with Crippen LogP contribution in [-0.2, 0) is 4.79 Å². The lowest BCUT2D eigenvalue weighted by atomic mass is 10.1. The minimum absolute atomic E-state index is 0.0570. The Kier molecular flexibility index (Phi) is 6.89. The number of nitro benzene ring substituents is 1. The summed E-state index contributed by atoms with van der Waals surface area (Å²) in [4.78, 5) is 27.5. The second-order valence-corrected chi connectivity index (χ2v) is 7.76. The Morgan fingerprint density at radius 3 is 2.47 bits per heavy atom. The average Bonchev–Trinajstić information content (AvgIpc) is 2.77. The molecule has 154 valence electrons. The van der Waals surface area contributed by atoms with E-state index in [0.29, 0.717) is 35.3 Å². The van der Waals surface area contributed by atoms with Crippen molar-refractivity contribution in [3.63, 3.8) is 0 Å². The quantitative estimate of drug-likeness (QED) is 0.198. The van der Waals surface area contributed by atoms with Gasteiger partial charge in [-0.25, -0.2) is 0 Å². The fraction of sp³-hybridized carbons (Fsp3) is 0.238. The third kappa shape index (κ3) is 4.71. The summed E-state index contributed by atoms with van der Waals surface area (Å²) in [5, 5.41) is 20.9. The van der Waals surface area contributed by atoms with Crippen LogP contribution in [0.1, 0.15) is 5.56 Å². The van der Waals surface area contributed by atoms with E-state index in [4.69, 9.17) is 4.74 Å². The Labute approximate surface area is 187 Å². The first-order valence-electron chi connectivity index (χ1n) is 9.17. The van der Waals surface area contributed by atoms with E-state index in [9.17, 15) is 20.2 Å². The van der Waals surface area contributed by atoms with Crippen molar-refractivity contribution in [2.45, 2.75) is 0 Å². The van der Waals surface area contributed by atoms with Gasteiger partial charge in [0.25, 0.3) is 5.91 Å². The van der Waals surface area contributed by atoms with Crippen LogP contribution in [0.2, 0.25) is 0 Å². The molecule has 0 radical (unpaired) electrons. The maximum atomic E-state index is 12.9. The number of rotatable bonds is 5. The van der Waals surface area contributed by atoms with Crippen LogP contribution in [0.15, 0.2) is 48.0 Å². The number of carbonyl (C=O) groups excluding carboxylic acids is 1. The van der Waals surface area contributed by atoms with Crippen molar-refractivity contribution in [2.24, 2.45) is 0 Å². The van der Waals surface area contributed by atoms with Crippen LogP contribution in [0.5, 0.6) is 5.75 Å². The van der Waals surface area contributed by atoms with Crippen molar-refractivity contribution >= 4 is 45.9 Å². The molecule has 0 N–H and O–H groups in total. The molecule has 1 amide bonds. The standard InChI is InChI=1S/C21H19IN4O4/c1-30-20-18(22)12-15(13-19(20)26(28)29)11-16(14-23)21(27)25-9-7-24(8-10-25)17-5-3-2-4-6-17/h2-6,11-13H,7-10H2,1H3/b16-11-. The maximum absolute atomic E-state index is 12.9. The number of amides is 1. The van der Waals surface area contributed by atoms with Gasteiger partial charge >= 0.3 is 5.69 Å². The predicted molar refractivity (Wildman–Crippen MR) is 121 cm³/mol. The van der Waals surface area contributed by atoms with Gasteiger partial charge in [0, 0.05) is 37.9 Å². The largest absolute Gasteiger partial charge is 0.489 e. The number of carbonyl (C=O) groups is 1. The van der Waals surface area contributed by atoms with Gasteiger partial charge in [0.15, 0.2) is 0 Å². The lowest BCUT2D eigenvalue weighted by molar-refractivity contribution is -0.385. The molecule has 2 aromatic carbocycles. The van der Waals surface area contributed by atoms with Crippen molar-refractivity contribution in [1.82, 2.24) is 4.90 Å². The first-order valence-corrected chi connectivity index (χ1v) is 10.3. The Hall–Kier alpha value is -3.13. The zero-order valence-corrected chi connectivity index (χ0v) is 18.4. The van der Waals surface area contributed by atoms with E-state index in [0.717, 1.165) is 5.69 Å². The molecule has 0 unspecified atom stereocenters. The molecule has 1 heterocycles. The number of piperazine rings is 1. The summed E-state index contributed by atoms with van der Waals surface area (Å²) in [7, 11) is 1.36. The van der Waals surface area contributed by atoms with Crippen LogP contribution >= 0.6 is 22.6 Å². The summed E-state index contributed by atoms with van der Waals surface area (Å²) >= 11 is 1.93. The van der Waals surface area contributed by atoms with E-state index >= 15 is 0 Å². The zero-order valence-electron chi connectivity index (χ0n) is 16.2. The topological polar surface area (TPSA) is 99.7 Å². The Morgan fingerprint density at radius 1 is 1.23 bits per heavy atom. The minimum atomic E-state index is -0.547. The van der Waals surface area contributed by atoms with Gasteiger partial charge in [-0.15, -0.1) is 0 Å². The molecule has 1 fully saturated rings. The van der Waals surface area contributed by atoms with Crippen molar-refractivity contribution < 1.29 is 14.5 Å². The third-order valence-electron chi connectivity index (χ3n) is 4.80. The Balaban J connectivity index is 1.78. The normalized spacial score (nSPS) is 14.2. The number of ether oxygens (including phenoxy) is 1. The van der Waals surface area contributed by atoms with Crippen molar-refractivity contribution in [3.05, 3.63) is 67.3 Å². The number of methoxy groups -OCH3 is 1. The molecule has 1 aliphatic heterocycles. The molecule has 0 spiro atoms. The number of nitro groups is 1. The molecular weight excluding hydrogens is 499 g/mol. The molecule has 0 aliphatic carbocycles. The molecule has 1 aliphatic rings. The van der Waals surface area contributed by atoms with Crippen LogP contribution in [0.4, 0.5) is 11.4 Å². The molecule has 8 nitrogen and oxygen atoms in total. The highest BCUT2D eigenvalue weighted by Gasteiger charge is 2.25. The number of nitrogens with zero attached hydrogens (tertiary/aromatic N) is 4. The number of benzene rings is 2. The predicted octanol–water partition coefficient (Wildman–Crippen LogP) is 3.46. The Bertz CT molecular complexity index is 1030. The van der Waals surface area contributed by atoms with E-state index < -0.39 is 4.92 Å². The summed E-state index contributed by atoms with van der Waals surface area (Å²) in [6.07, 6.45) is 1.39. The summed E-state index contributed by atoms with van der Waals surface area (Å²) < 4.78 is 5.62. The van der Waals surface area contributed by atoms with Gasteiger partial charge in [-0.1, -0.05) is 18.2 Å². The number of nitriles is 1. The van der Waals surface area contributed by atoms with Gasteiger partial charge in [-0.2, -0.15) is 5.26 Å². The van der Waals surface area contributed by atoms with E-state index in [1.165, 1.54) is 19.3 Å². The van der Waals surface area contributed by atoms with Gasteiger partial charge in [-0.3, -0.25) is 14.9 Å². The van der Waals surface area contributed by atoms with Crippen molar-refractivity contribution in [1.29, 1.82) is 5.26 Å². The van der Waals surface area contributed by atoms with Gasteiger partial charge in [0.2, 0.25) is 5.75 Å². The summed E-state index contributed by atoms with van der Waals surface area (Å²) in [6.45, 7) is 2.32. The molecule has 0 saturated carbocycles. The second kappa shape index (κ2) is 9.58. The van der Waals surface area contributed by atoms with E-state index in [-0.39, 0.29) is 22.9 Å². The smallest absolute Gasteiger partial charge is 0.312 e. The average molecular weight is 518 g/mol. The van der Waals surface area contributed by atoms with E-state index in [1.54, 1.807) is 11.0 Å². The molecule has 2 aromatic rings. The number of anilines is 1. The molecule has 3 rings (SSSR count). The molecule has 9 heteroatoms. The van der Waals surface area contributed by atoms with Crippen LogP contribution in [0, 0.1) is 25.0 Å². The molecule has 1 saturated heterocycles. The SMILES string of the molecule is COc1c(I)cc(/C=C(/C#N)C(=O)N2CCN(c3ccccc3)CC2)cc1[N+](=O)[O-].